The number of nitrogens with one attached hydrogen (secondary N) is 2. The van der Waals surface area contributed by atoms with E-state index in [9.17, 15) is 19.5 Å². The van der Waals surface area contributed by atoms with Crippen LogP contribution in [0.15, 0.2) is 36.4 Å². The zero-order chi connectivity index (χ0) is 22.9. The zero-order valence-electron chi connectivity index (χ0n) is 17.3. The second-order valence-electron chi connectivity index (χ2n) is 8.23. The van der Waals surface area contributed by atoms with Crippen molar-refractivity contribution < 1.29 is 19.5 Å². The Morgan fingerprint density at radius 2 is 1.62 bits per heavy atom. The van der Waals surface area contributed by atoms with E-state index in [0.717, 1.165) is 12.8 Å². The minimum Gasteiger partial charge on any atom is -0.505 e. The molecular formula is C23H23Cl2N3O4. The van der Waals surface area contributed by atoms with Crippen molar-refractivity contribution >= 4 is 52.3 Å². The number of ketones is 1. The summed E-state index contributed by atoms with van der Waals surface area (Å²) in [5, 5.41) is 16.2. The number of halogens is 2. The molecule has 9 heteroatoms. The summed E-state index contributed by atoms with van der Waals surface area (Å²) in [6.07, 6.45) is 3.75. The molecule has 3 N–H and O–H groups in total. The molecule has 1 saturated carbocycles. The molecule has 0 atom stereocenters. The molecule has 1 spiro atoms. The molecule has 168 valence electrons. The van der Waals surface area contributed by atoms with E-state index in [1.807, 2.05) is 0 Å². The van der Waals surface area contributed by atoms with Crippen LogP contribution >= 0.6 is 23.2 Å². The number of carbonyl (C=O) groups is 3. The molecule has 1 aliphatic carbocycles. The summed E-state index contributed by atoms with van der Waals surface area (Å²) in [5.41, 5.74) is 0.220. The van der Waals surface area contributed by atoms with Gasteiger partial charge in [-0.05, 0) is 49.9 Å². The highest BCUT2D eigenvalue weighted by molar-refractivity contribution is 6.44. The Morgan fingerprint density at radius 1 is 0.969 bits per heavy atom. The fourth-order valence-corrected chi connectivity index (χ4v) is 4.87. The van der Waals surface area contributed by atoms with Crippen molar-refractivity contribution in [2.24, 2.45) is 5.41 Å². The highest BCUT2D eigenvalue weighted by atomic mass is 35.5. The van der Waals surface area contributed by atoms with Gasteiger partial charge in [-0.25, -0.2) is 4.79 Å². The molecule has 7 nitrogen and oxygen atoms in total. The Hall–Kier alpha value is -2.77. The van der Waals surface area contributed by atoms with Gasteiger partial charge in [0.2, 0.25) is 0 Å². The molecule has 1 heterocycles. The monoisotopic (exact) mass is 475 g/mol. The van der Waals surface area contributed by atoms with Crippen LogP contribution in [0, 0.1) is 5.41 Å². The Morgan fingerprint density at radius 3 is 2.31 bits per heavy atom. The quantitative estimate of drug-likeness (QED) is 0.523. The number of piperidine rings is 1. The smallest absolute Gasteiger partial charge is 0.323 e. The number of Topliss-reactive ketones (excluding diaryl/α,β-unsaturated/α-hetero) is 1. The first-order chi connectivity index (χ1) is 15.3. The number of anilines is 2. The van der Waals surface area contributed by atoms with E-state index in [1.165, 1.54) is 12.1 Å². The van der Waals surface area contributed by atoms with Crippen LogP contribution in [0.5, 0.6) is 5.75 Å². The van der Waals surface area contributed by atoms with Crippen LogP contribution < -0.4 is 10.6 Å². The fourth-order valence-electron chi connectivity index (χ4n) is 4.52. The van der Waals surface area contributed by atoms with Crippen molar-refractivity contribution in [3.63, 3.8) is 0 Å². The Kier molecular flexibility index (Phi) is 6.31. The van der Waals surface area contributed by atoms with Crippen LogP contribution in [0.2, 0.25) is 10.0 Å². The van der Waals surface area contributed by atoms with Gasteiger partial charge in [0.05, 0.1) is 27.0 Å². The molecule has 0 aromatic heterocycles. The van der Waals surface area contributed by atoms with Gasteiger partial charge in [0.25, 0.3) is 5.91 Å². The summed E-state index contributed by atoms with van der Waals surface area (Å²) in [6.45, 7) is 0.935. The molecule has 1 aliphatic heterocycles. The predicted molar refractivity (Wildman–Crippen MR) is 124 cm³/mol. The van der Waals surface area contributed by atoms with Gasteiger partial charge in [0, 0.05) is 24.9 Å². The van der Waals surface area contributed by atoms with E-state index in [1.54, 1.807) is 29.2 Å². The van der Waals surface area contributed by atoms with E-state index in [2.05, 4.69) is 10.6 Å². The lowest BCUT2D eigenvalue weighted by Gasteiger charge is -2.38. The van der Waals surface area contributed by atoms with E-state index in [-0.39, 0.29) is 33.3 Å². The lowest BCUT2D eigenvalue weighted by atomic mass is 9.76. The van der Waals surface area contributed by atoms with Crippen molar-refractivity contribution in [3.8, 4) is 5.75 Å². The summed E-state index contributed by atoms with van der Waals surface area (Å²) >= 11 is 12.0. The molecule has 32 heavy (non-hydrogen) atoms. The molecular weight excluding hydrogens is 453 g/mol. The number of benzene rings is 2. The van der Waals surface area contributed by atoms with Gasteiger partial charge >= 0.3 is 6.03 Å². The maximum Gasteiger partial charge on any atom is 0.323 e. The molecule has 3 amide bonds. The molecule has 2 fully saturated rings. The maximum atomic E-state index is 13.0. The predicted octanol–water partition coefficient (Wildman–Crippen LogP) is 5.32. The number of urea groups is 1. The van der Waals surface area contributed by atoms with Crippen molar-refractivity contribution in [1.29, 1.82) is 0 Å². The first-order valence-corrected chi connectivity index (χ1v) is 11.2. The summed E-state index contributed by atoms with van der Waals surface area (Å²) in [7, 11) is 0. The highest BCUT2D eigenvalue weighted by Crippen LogP contribution is 2.44. The van der Waals surface area contributed by atoms with E-state index in [0.29, 0.717) is 48.8 Å². The Labute approximate surface area is 195 Å². The van der Waals surface area contributed by atoms with Gasteiger partial charge in [-0.2, -0.15) is 0 Å². The largest absolute Gasteiger partial charge is 0.505 e. The van der Waals surface area contributed by atoms with Gasteiger partial charge in [0.1, 0.15) is 5.78 Å². The molecule has 2 aromatic rings. The number of phenols is 1. The molecule has 0 unspecified atom stereocenters. The van der Waals surface area contributed by atoms with Crippen molar-refractivity contribution in [2.75, 3.05) is 23.7 Å². The van der Waals surface area contributed by atoms with Gasteiger partial charge in [-0.1, -0.05) is 35.3 Å². The van der Waals surface area contributed by atoms with Crippen molar-refractivity contribution in [3.05, 3.63) is 52.0 Å². The summed E-state index contributed by atoms with van der Waals surface area (Å²) in [6, 6.07) is 8.77. The number of carbonyl (C=O) groups excluding carboxylic acids is 3. The van der Waals surface area contributed by atoms with Crippen LogP contribution in [0.3, 0.4) is 0 Å². The van der Waals surface area contributed by atoms with Crippen LogP contribution in [-0.2, 0) is 4.79 Å². The molecule has 1 saturated heterocycles. The number of likely N-dealkylation sites (tertiary alicyclic amines) is 1. The summed E-state index contributed by atoms with van der Waals surface area (Å²) in [4.78, 5) is 39.3. The number of aromatic hydroxyl groups is 1. The van der Waals surface area contributed by atoms with Gasteiger partial charge in [0.15, 0.2) is 5.75 Å². The lowest BCUT2D eigenvalue weighted by molar-refractivity contribution is -0.127. The molecule has 0 bridgehead atoms. The van der Waals surface area contributed by atoms with Crippen LogP contribution in [-0.4, -0.2) is 40.8 Å². The molecule has 4 rings (SSSR count). The first-order valence-electron chi connectivity index (χ1n) is 10.5. The normalized spacial score (nSPS) is 17.4. The van der Waals surface area contributed by atoms with Crippen LogP contribution in [0.1, 0.15) is 42.5 Å². The van der Waals surface area contributed by atoms with Crippen molar-refractivity contribution in [2.45, 2.75) is 32.1 Å². The van der Waals surface area contributed by atoms with Crippen molar-refractivity contribution in [1.82, 2.24) is 4.90 Å². The lowest BCUT2D eigenvalue weighted by Crippen LogP contribution is -2.44. The van der Waals surface area contributed by atoms with Crippen LogP contribution in [0.4, 0.5) is 16.2 Å². The second kappa shape index (κ2) is 9.00. The third-order valence-corrected chi connectivity index (χ3v) is 7.19. The Bertz CT molecular complexity index is 1080. The Balaban J connectivity index is 1.44. The number of phenolic OH excluding ortho intramolecular Hbond substituents is 1. The fraction of sp³-hybridized carbons (Fsp3) is 0.348. The van der Waals surface area contributed by atoms with Crippen LogP contribution in [0.25, 0.3) is 0 Å². The number of rotatable bonds is 3. The SMILES string of the molecule is O=C(Nc1cccc(C(=O)N2CCC3(CCCC3=O)CC2)c1O)Nc1cccc(Cl)c1Cl. The van der Waals surface area contributed by atoms with Gasteiger partial charge < -0.3 is 20.6 Å². The molecule has 0 radical (unpaired) electrons. The van der Waals surface area contributed by atoms with E-state index < -0.39 is 6.03 Å². The second-order valence-corrected chi connectivity index (χ2v) is 9.02. The summed E-state index contributed by atoms with van der Waals surface area (Å²) in [5.74, 6) is -0.337. The maximum absolute atomic E-state index is 13.0. The average molecular weight is 476 g/mol. The number of nitrogens with zero attached hydrogens (tertiary/aromatic N) is 1. The van der Waals surface area contributed by atoms with E-state index >= 15 is 0 Å². The third kappa shape index (κ3) is 4.27. The molecule has 2 aromatic carbocycles. The number of para-hydroxylation sites is 1. The third-order valence-electron chi connectivity index (χ3n) is 6.37. The minimum atomic E-state index is -0.645. The number of hydrogen-bond donors (Lipinski definition) is 3. The molecule has 2 aliphatic rings. The minimum absolute atomic E-state index is 0.0888. The average Bonchev–Trinajstić information content (AvgIpc) is 3.12. The standard InChI is InChI=1S/C23H23Cl2N3O4/c24-15-5-2-6-16(19(15)25)26-22(32)27-17-7-1-4-14(20(17)30)21(31)28-12-10-23(11-13-28)9-3-8-18(23)29/h1-2,4-7,30H,3,8-13H2,(H2,26,27,32). The van der Waals surface area contributed by atoms with Gasteiger partial charge in [-0.15, -0.1) is 0 Å². The number of amides is 3. The first kappa shape index (κ1) is 22.4. The van der Waals surface area contributed by atoms with E-state index in [4.69, 9.17) is 23.2 Å². The zero-order valence-corrected chi connectivity index (χ0v) is 18.8. The number of hydrogen-bond acceptors (Lipinski definition) is 4. The highest BCUT2D eigenvalue weighted by Gasteiger charge is 2.44. The van der Waals surface area contributed by atoms with Gasteiger partial charge in [-0.3, -0.25) is 9.59 Å². The summed E-state index contributed by atoms with van der Waals surface area (Å²) < 4.78 is 0. The topological polar surface area (TPSA) is 98.7 Å².